The van der Waals surface area contributed by atoms with Crippen molar-refractivity contribution in [1.29, 1.82) is 0 Å². The third kappa shape index (κ3) is 4.08. The fraction of sp³-hybridized carbons (Fsp3) is 0.500. The SMILES string of the molecule is CCCNc1ncnc(NC(C)Cn2cccn2)c1OC. The van der Waals surface area contributed by atoms with Gasteiger partial charge >= 0.3 is 0 Å². The number of hydrogen-bond donors (Lipinski definition) is 2. The third-order valence-corrected chi connectivity index (χ3v) is 2.95. The zero-order chi connectivity index (χ0) is 15.1. The molecule has 2 aromatic heterocycles. The van der Waals surface area contributed by atoms with Gasteiger partial charge in [0, 0.05) is 25.0 Å². The molecule has 0 fully saturated rings. The Morgan fingerprint density at radius 1 is 1.33 bits per heavy atom. The zero-order valence-electron chi connectivity index (χ0n) is 12.7. The van der Waals surface area contributed by atoms with Crippen molar-refractivity contribution in [3.8, 4) is 5.75 Å². The molecule has 0 amide bonds. The minimum absolute atomic E-state index is 0.160. The second-order valence-corrected chi connectivity index (χ2v) is 4.80. The van der Waals surface area contributed by atoms with Gasteiger partial charge in [0.25, 0.3) is 0 Å². The lowest BCUT2D eigenvalue weighted by molar-refractivity contribution is 0.413. The Morgan fingerprint density at radius 3 is 2.81 bits per heavy atom. The van der Waals surface area contributed by atoms with E-state index >= 15 is 0 Å². The molecule has 0 aromatic carbocycles. The topological polar surface area (TPSA) is 76.9 Å². The molecule has 1 unspecified atom stereocenters. The van der Waals surface area contributed by atoms with Gasteiger partial charge in [0.2, 0.25) is 5.75 Å². The number of methoxy groups -OCH3 is 1. The molecular weight excluding hydrogens is 268 g/mol. The summed E-state index contributed by atoms with van der Waals surface area (Å²) < 4.78 is 7.31. The molecule has 0 aliphatic carbocycles. The highest BCUT2D eigenvalue weighted by Gasteiger charge is 2.14. The first-order chi connectivity index (χ1) is 10.2. The van der Waals surface area contributed by atoms with Crippen LogP contribution in [0.2, 0.25) is 0 Å². The average molecular weight is 290 g/mol. The van der Waals surface area contributed by atoms with Crippen molar-refractivity contribution in [3.05, 3.63) is 24.8 Å². The van der Waals surface area contributed by atoms with Gasteiger partial charge in [-0.25, -0.2) is 9.97 Å². The standard InChI is InChI=1S/C14H22N6O/c1-4-6-15-13-12(21-3)14(17-10-16-13)19-11(2)9-20-8-5-7-18-20/h5,7-8,10-11H,4,6,9H2,1-3H3,(H2,15,16,17,19). The molecule has 0 radical (unpaired) electrons. The van der Waals surface area contributed by atoms with E-state index in [0.29, 0.717) is 17.4 Å². The van der Waals surface area contributed by atoms with Crippen LogP contribution in [0.15, 0.2) is 24.8 Å². The quantitative estimate of drug-likeness (QED) is 0.774. The number of nitrogens with zero attached hydrogens (tertiary/aromatic N) is 4. The van der Waals surface area contributed by atoms with E-state index in [1.54, 1.807) is 13.3 Å². The fourth-order valence-electron chi connectivity index (χ4n) is 2.01. The molecule has 0 aliphatic rings. The predicted octanol–water partition coefficient (Wildman–Crippen LogP) is 2.00. The highest BCUT2D eigenvalue weighted by Crippen LogP contribution is 2.29. The highest BCUT2D eigenvalue weighted by atomic mass is 16.5. The van der Waals surface area contributed by atoms with Gasteiger partial charge in [0.1, 0.15) is 6.33 Å². The van der Waals surface area contributed by atoms with Crippen molar-refractivity contribution in [1.82, 2.24) is 19.7 Å². The molecule has 2 heterocycles. The van der Waals surface area contributed by atoms with Crippen LogP contribution in [0, 0.1) is 0 Å². The van der Waals surface area contributed by atoms with E-state index < -0.39 is 0 Å². The van der Waals surface area contributed by atoms with Crippen LogP contribution in [0.4, 0.5) is 11.6 Å². The van der Waals surface area contributed by atoms with Gasteiger partial charge < -0.3 is 15.4 Å². The molecule has 7 heteroatoms. The lowest BCUT2D eigenvalue weighted by atomic mass is 10.3. The van der Waals surface area contributed by atoms with E-state index in [1.165, 1.54) is 6.33 Å². The Bertz CT molecular complexity index is 542. The van der Waals surface area contributed by atoms with Crippen LogP contribution in [0.3, 0.4) is 0 Å². The highest BCUT2D eigenvalue weighted by molar-refractivity contribution is 5.63. The van der Waals surface area contributed by atoms with Crippen LogP contribution in [0.1, 0.15) is 20.3 Å². The zero-order valence-corrected chi connectivity index (χ0v) is 12.7. The van der Waals surface area contributed by atoms with Crippen LogP contribution >= 0.6 is 0 Å². The molecule has 0 saturated carbocycles. The number of aromatic nitrogens is 4. The summed E-state index contributed by atoms with van der Waals surface area (Å²) in [5, 5.41) is 10.8. The smallest absolute Gasteiger partial charge is 0.204 e. The Balaban J connectivity index is 2.07. The summed E-state index contributed by atoms with van der Waals surface area (Å²) in [7, 11) is 1.62. The van der Waals surface area contributed by atoms with Gasteiger partial charge in [-0.15, -0.1) is 0 Å². The van der Waals surface area contributed by atoms with Gasteiger partial charge in [-0.2, -0.15) is 5.10 Å². The molecule has 0 saturated heterocycles. The van der Waals surface area contributed by atoms with Gasteiger partial charge in [-0.3, -0.25) is 4.68 Å². The van der Waals surface area contributed by atoms with Crippen molar-refractivity contribution >= 4 is 11.6 Å². The van der Waals surface area contributed by atoms with Crippen molar-refractivity contribution < 1.29 is 4.74 Å². The monoisotopic (exact) mass is 290 g/mol. The summed E-state index contributed by atoms with van der Waals surface area (Å²) in [5.74, 6) is 2.03. The van der Waals surface area contributed by atoms with Crippen molar-refractivity contribution in [2.75, 3.05) is 24.3 Å². The summed E-state index contributed by atoms with van der Waals surface area (Å²) in [6, 6.07) is 2.07. The molecule has 21 heavy (non-hydrogen) atoms. The second-order valence-electron chi connectivity index (χ2n) is 4.80. The molecule has 114 valence electrons. The number of nitrogens with one attached hydrogen (secondary N) is 2. The van der Waals surface area contributed by atoms with Crippen LogP contribution < -0.4 is 15.4 Å². The van der Waals surface area contributed by atoms with E-state index in [4.69, 9.17) is 4.74 Å². The molecule has 2 aromatic rings. The lowest BCUT2D eigenvalue weighted by Crippen LogP contribution is -2.23. The van der Waals surface area contributed by atoms with E-state index in [0.717, 1.165) is 19.5 Å². The van der Waals surface area contributed by atoms with Gasteiger partial charge in [-0.1, -0.05) is 6.92 Å². The third-order valence-electron chi connectivity index (χ3n) is 2.95. The lowest BCUT2D eigenvalue weighted by Gasteiger charge is -2.18. The second kappa shape index (κ2) is 7.47. The van der Waals surface area contributed by atoms with Gasteiger partial charge in [0.05, 0.1) is 13.7 Å². The number of hydrogen-bond acceptors (Lipinski definition) is 6. The number of ether oxygens (including phenoxy) is 1. The van der Waals surface area contributed by atoms with Crippen LogP contribution in [0.5, 0.6) is 5.75 Å². The van der Waals surface area contributed by atoms with Crippen molar-refractivity contribution in [2.45, 2.75) is 32.9 Å². The van der Waals surface area contributed by atoms with E-state index in [2.05, 4.69) is 39.5 Å². The Hall–Kier alpha value is -2.31. The minimum atomic E-state index is 0.160. The summed E-state index contributed by atoms with van der Waals surface area (Å²) in [5.41, 5.74) is 0. The maximum Gasteiger partial charge on any atom is 0.204 e. The first-order valence-electron chi connectivity index (χ1n) is 7.11. The summed E-state index contributed by atoms with van der Waals surface area (Å²) in [4.78, 5) is 8.50. The Kier molecular flexibility index (Phi) is 5.36. The molecule has 0 aliphatic heterocycles. The molecule has 2 N–H and O–H groups in total. The molecular formula is C14H22N6O. The van der Waals surface area contributed by atoms with Crippen molar-refractivity contribution in [2.24, 2.45) is 0 Å². The summed E-state index contributed by atoms with van der Waals surface area (Å²) >= 11 is 0. The molecule has 7 nitrogen and oxygen atoms in total. The first kappa shape index (κ1) is 15.1. The molecule has 0 bridgehead atoms. The van der Waals surface area contributed by atoms with Crippen LogP contribution in [-0.4, -0.2) is 39.4 Å². The number of anilines is 2. The van der Waals surface area contributed by atoms with Crippen molar-refractivity contribution in [3.63, 3.8) is 0 Å². The first-order valence-corrected chi connectivity index (χ1v) is 7.11. The van der Waals surface area contributed by atoms with E-state index in [1.807, 2.05) is 16.9 Å². The normalized spacial score (nSPS) is 12.0. The van der Waals surface area contributed by atoms with Crippen LogP contribution in [0.25, 0.3) is 0 Å². The maximum absolute atomic E-state index is 5.44. The minimum Gasteiger partial charge on any atom is -0.490 e. The van der Waals surface area contributed by atoms with Gasteiger partial charge in [-0.05, 0) is 19.4 Å². The fourth-order valence-corrected chi connectivity index (χ4v) is 2.01. The summed E-state index contributed by atoms with van der Waals surface area (Å²) in [6.45, 7) is 5.77. The summed E-state index contributed by atoms with van der Waals surface area (Å²) in [6.07, 6.45) is 6.25. The molecule has 1 atom stereocenters. The van der Waals surface area contributed by atoms with E-state index in [-0.39, 0.29) is 6.04 Å². The van der Waals surface area contributed by atoms with Crippen LogP contribution in [-0.2, 0) is 6.54 Å². The maximum atomic E-state index is 5.44. The Labute approximate surface area is 124 Å². The predicted molar refractivity (Wildman–Crippen MR) is 82.7 cm³/mol. The van der Waals surface area contributed by atoms with E-state index in [9.17, 15) is 0 Å². The number of rotatable bonds is 8. The largest absolute Gasteiger partial charge is 0.490 e. The average Bonchev–Trinajstić information content (AvgIpc) is 2.97. The van der Waals surface area contributed by atoms with Gasteiger partial charge in [0.15, 0.2) is 11.6 Å². The molecule has 0 spiro atoms. The Morgan fingerprint density at radius 2 is 2.14 bits per heavy atom. The molecule has 2 rings (SSSR count).